The van der Waals surface area contributed by atoms with Crippen LogP contribution in [-0.2, 0) is 0 Å². The molecule has 0 unspecified atom stereocenters. The van der Waals surface area contributed by atoms with Gasteiger partial charge in [-0.15, -0.1) is 0 Å². The molecule has 2 aromatic rings. The standard InChI is InChI=1S/C22H26ClN3O/c1-14-6-8-16(9-7-14)21(27)25-24-13-17-10-18-15(2)12-22(3,4)26(5)20(18)11-19(17)23/h6-11,13,15H,12H2,1-5H3,(H,25,27)/b24-13-/t15-/m0/s1. The van der Waals surface area contributed by atoms with E-state index in [0.29, 0.717) is 16.5 Å². The number of amides is 1. The van der Waals surface area contributed by atoms with Crippen LogP contribution in [0.3, 0.4) is 0 Å². The second-order valence-corrected chi connectivity index (χ2v) is 8.38. The Kier molecular flexibility index (Phi) is 5.29. The first kappa shape index (κ1) is 19.4. The van der Waals surface area contributed by atoms with Crippen LogP contribution in [0, 0.1) is 6.92 Å². The van der Waals surface area contributed by atoms with Crippen molar-refractivity contribution in [1.82, 2.24) is 5.43 Å². The van der Waals surface area contributed by atoms with Crippen LogP contribution in [0.15, 0.2) is 41.5 Å². The number of benzene rings is 2. The van der Waals surface area contributed by atoms with Gasteiger partial charge in [0.15, 0.2) is 0 Å². The lowest BCUT2D eigenvalue weighted by Crippen LogP contribution is -2.45. The molecule has 1 aliphatic rings. The maximum Gasteiger partial charge on any atom is 0.271 e. The number of anilines is 1. The van der Waals surface area contributed by atoms with Crippen molar-refractivity contribution in [2.75, 3.05) is 11.9 Å². The van der Waals surface area contributed by atoms with Gasteiger partial charge >= 0.3 is 0 Å². The fourth-order valence-corrected chi connectivity index (χ4v) is 3.84. The van der Waals surface area contributed by atoms with Crippen LogP contribution in [0.4, 0.5) is 5.69 Å². The Morgan fingerprint density at radius 1 is 1.30 bits per heavy atom. The van der Waals surface area contributed by atoms with E-state index < -0.39 is 0 Å². The van der Waals surface area contributed by atoms with Crippen molar-refractivity contribution in [3.05, 3.63) is 63.7 Å². The largest absolute Gasteiger partial charge is 0.369 e. The van der Waals surface area contributed by atoms with E-state index in [1.165, 1.54) is 5.56 Å². The average molecular weight is 384 g/mol. The molecule has 1 heterocycles. The van der Waals surface area contributed by atoms with Crippen LogP contribution in [0.25, 0.3) is 0 Å². The van der Waals surface area contributed by atoms with Crippen molar-refractivity contribution >= 4 is 29.4 Å². The summed E-state index contributed by atoms with van der Waals surface area (Å²) in [7, 11) is 2.11. The molecule has 0 aromatic heterocycles. The predicted molar refractivity (Wildman–Crippen MR) is 113 cm³/mol. The number of nitrogens with zero attached hydrogens (tertiary/aromatic N) is 2. The van der Waals surface area contributed by atoms with E-state index in [-0.39, 0.29) is 11.4 Å². The Labute approximate surface area is 166 Å². The van der Waals surface area contributed by atoms with Crippen molar-refractivity contribution in [2.24, 2.45) is 5.10 Å². The van der Waals surface area contributed by atoms with Crippen molar-refractivity contribution in [3.63, 3.8) is 0 Å². The third-order valence-corrected chi connectivity index (χ3v) is 5.76. The number of fused-ring (bicyclic) bond motifs is 1. The number of halogens is 1. The summed E-state index contributed by atoms with van der Waals surface area (Å²) in [6, 6.07) is 11.4. The van der Waals surface area contributed by atoms with Gasteiger partial charge in [0, 0.05) is 29.4 Å². The molecule has 0 radical (unpaired) electrons. The van der Waals surface area contributed by atoms with E-state index in [1.54, 1.807) is 18.3 Å². The second-order valence-electron chi connectivity index (χ2n) is 7.97. The van der Waals surface area contributed by atoms with E-state index in [2.05, 4.69) is 49.3 Å². The predicted octanol–water partition coefficient (Wildman–Crippen LogP) is 5.13. The highest BCUT2D eigenvalue weighted by Crippen LogP contribution is 2.44. The first-order valence-corrected chi connectivity index (χ1v) is 9.54. The lowest BCUT2D eigenvalue weighted by Gasteiger charge is -2.45. The van der Waals surface area contributed by atoms with Gasteiger partial charge in [0.1, 0.15) is 0 Å². The highest BCUT2D eigenvalue weighted by molar-refractivity contribution is 6.33. The highest BCUT2D eigenvalue weighted by atomic mass is 35.5. The Balaban J connectivity index is 1.80. The van der Waals surface area contributed by atoms with Crippen LogP contribution in [0.5, 0.6) is 0 Å². The Morgan fingerprint density at radius 2 is 1.96 bits per heavy atom. The molecule has 4 nitrogen and oxygen atoms in total. The van der Waals surface area contributed by atoms with Gasteiger partial charge < -0.3 is 4.90 Å². The van der Waals surface area contributed by atoms with Crippen LogP contribution in [0.1, 0.15) is 60.2 Å². The van der Waals surface area contributed by atoms with E-state index >= 15 is 0 Å². The molecule has 1 N–H and O–H groups in total. The maximum atomic E-state index is 12.2. The van der Waals surface area contributed by atoms with Crippen LogP contribution >= 0.6 is 11.6 Å². The fourth-order valence-electron chi connectivity index (χ4n) is 3.63. The van der Waals surface area contributed by atoms with Gasteiger partial charge in [-0.1, -0.05) is 36.2 Å². The van der Waals surface area contributed by atoms with E-state index in [4.69, 9.17) is 11.6 Å². The summed E-state index contributed by atoms with van der Waals surface area (Å²) in [5.74, 6) is 0.188. The van der Waals surface area contributed by atoms with Gasteiger partial charge in [-0.3, -0.25) is 4.79 Å². The number of hydrogen-bond acceptors (Lipinski definition) is 3. The van der Waals surface area contributed by atoms with Crippen molar-refractivity contribution < 1.29 is 4.79 Å². The zero-order chi connectivity index (χ0) is 19.8. The van der Waals surface area contributed by atoms with Crippen molar-refractivity contribution in [2.45, 2.75) is 45.6 Å². The minimum Gasteiger partial charge on any atom is -0.369 e. The molecule has 1 atom stereocenters. The molecular formula is C22H26ClN3O. The Bertz CT molecular complexity index is 887. The maximum absolute atomic E-state index is 12.2. The van der Waals surface area contributed by atoms with Crippen LogP contribution in [-0.4, -0.2) is 24.7 Å². The minimum atomic E-state index is -0.241. The Hall–Kier alpha value is -2.33. The summed E-state index contributed by atoms with van der Waals surface area (Å²) >= 11 is 6.49. The minimum absolute atomic E-state index is 0.0906. The molecule has 0 fully saturated rings. The number of carbonyl (C=O) groups excluding carboxylic acids is 1. The molecule has 5 heteroatoms. The highest BCUT2D eigenvalue weighted by Gasteiger charge is 2.34. The zero-order valence-electron chi connectivity index (χ0n) is 16.5. The lowest BCUT2D eigenvalue weighted by atomic mass is 9.80. The number of hydrogen-bond donors (Lipinski definition) is 1. The van der Waals surface area contributed by atoms with Gasteiger partial charge in [0.25, 0.3) is 5.91 Å². The van der Waals surface area contributed by atoms with E-state index in [9.17, 15) is 4.79 Å². The molecule has 2 aromatic carbocycles. The van der Waals surface area contributed by atoms with E-state index in [1.807, 2.05) is 25.1 Å². The molecule has 3 rings (SSSR count). The van der Waals surface area contributed by atoms with Gasteiger partial charge in [-0.25, -0.2) is 5.43 Å². The van der Waals surface area contributed by atoms with Gasteiger partial charge in [-0.2, -0.15) is 5.10 Å². The summed E-state index contributed by atoms with van der Waals surface area (Å²) in [4.78, 5) is 14.5. The van der Waals surface area contributed by atoms with Crippen molar-refractivity contribution in [1.29, 1.82) is 0 Å². The second kappa shape index (κ2) is 7.35. The number of carbonyl (C=O) groups is 1. The van der Waals surface area contributed by atoms with Crippen LogP contribution < -0.4 is 10.3 Å². The number of hydrazone groups is 1. The number of aryl methyl sites for hydroxylation is 1. The first-order chi connectivity index (χ1) is 12.7. The van der Waals surface area contributed by atoms with Crippen LogP contribution in [0.2, 0.25) is 5.02 Å². The smallest absolute Gasteiger partial charge is 0.271 e. The van der Waals surface area contributed by atoms with Gasteiger partial charge in [-0.05, 0) is 62.9 Å². The zero-order valence-corrected chi connectivity index (χ0v) is 17.3. The summed E-state index contributed by atoms with van der Waals surface area (Å²) in [5, 5.41) is 4.72. The molecule has 0 spiro atoms. The first-order valence-electron chi connectivity index (χ1n) is 9.16. The SMILES string of the molecule is Cc1ccc(C(=O)N/N=C\c2cc3c(cc2Cl)N(C)C(C)(C)C[C@@H]3C)cc1. The molecule has 0 saturated heterocycles. The van der Waals surface area contributed by atoms with Gasteiger partial charge in [0.05, 0.1) is 11.2 Å². The molecule has 0 aliphatic carbocycles. The summed E-state index contributed by atoms with van der Waals surface area (Å²) in [6.07, 6.45) is 2.68. The fraction of sp³-hybridized carbons (Fsp3) is 0.364. The molecular weight excluding hydrogens is 358 g/mol. The molecule has 0 saturated carbocycles. The number of nitrogens with one attached hydrogen (secondary N) is 1. The third kappa shape index (κ3) is 4.01. The molecule has 0 bridgehead atoms. The topological polar surface area (TPSA) is 44.7 Å². The normalized spacial score (nSPS) is 18.4. The Morgan fingerprint density at radius 3 is 2.63 bits per heavy atom. The summed E-state index contributed by atoms with van der Waals surface area (Å²) in [6.45, 7) is 8.71. The molecule has 1 amide bonds. The van der Waals surface area contributed by atoms with Gasteiger partial charge in [0.2, 0.25) is 0 Å². The molecule has 1 aliphatic heterocycles. The molecule has 142 valence electrons. The third-order valence-electron chi connectivity index (χ3n) is 5.44. The van der Waals surface area contributed by atoms with Crippen molar-refractivity contribution in [3.8, 4) is 0 Å². The quantitative estimate of drug-likeness (QED) is 0.589. The molecule has 27 heavy (non-hydrogen) atoms. The monoisotopic (exact) mass is 383 g/mol. The summed E-state index contributed by atoms with van der Waals surface area (Å²) in [5.41, 5.74) is 7.56. The average Bonchev–Trinajstić information content (AvgIpc) is 2.61. The van der Waals surface area contributed by atoms with E-state index in [0.717, 1.165) is 23.2 Å². The summed E-state index contributed by atoms with van der Waals surface area (Å²) < 4.78 is 0. The lowest BCUT2D eigenvalue weighted by molar-refractivity contribution is 0.0955. The number of rotatable bonds is 3.